The van der Waals surface area contributed by atoms with E-state index in [2.05, 4.69) is 6.92 Å². The number of fused-ring (bicyclic) bond motifs is 1. The van der Waals surface area contributed by atoms with Crippen LogP contribution in [0.3, 0.4) is 0 Å². The predicted molar refractivity (Wildman–Crippen MR) is 62.1 cm³/mol. The van der Waals surface area contributed by atoms with Gasteiger partial charge in [-0.1, -0.05) is 6.92 Å². The summed E-state index contributed by atoms with van der Waals surface area (Å²) in [5.41, 5.74) is 1.81. The number of carbonyl (C=O) groups excluding carboxylic acids is 1. The molecule has 3 nitrogen and oxygen atoms in total. The maximum atomic E-state index is 11.2. The average molecular weight is 218 g/mol. The van der Waals surface area contributed by atoms with Crippen LogP contribution in [0.4, 0.5) is 0 Å². The molecule has 3 heteroatoms. The van der Waals surface area contributed by atoms with Crippen LogP contribution in [0.15, 0.2) is 22.6 Å². The minimum absolute atomic E-state index is 0.0729. The van der Waals surface area contributed by atoms with Crippen LogP contribution in [0.2, 0.25) is 0 Å². The Morgan fingerprint density at radius 1 is 1.38 bits per heavy atom. The molecule has 1 aromatic carbocycles. The van der Waals surface area contributed by atoms with Gasteiger partial charge in [-0.2, -0.15) is 0 Å². The Bertz CT molecular complexity index is 537. The molecule has 0 radical (unpaired) electrons. The van der Waals surface area contributed by atoms with E-state index in [0.29, 0.717) is 17.1 Å². The Kier molecular flexibility index (Phi) is 2.69. The minimum atomic E-state index is -0.0729. The number of benzene rings is 1. The summed E-state index contributed by atoms with van der Waals surface area (Å²) < 4.78 is 10.7. The van der Waals surface area contributed by atoms with E-state index in [-0.39, 0.29) is 5.78 Å². The summed E-state index contributed by atoms with van der Waals surface area (Å²) in [4.78, 5) is 11.2. The first-order chi connectivity index (χ1) is 7.65. The number of aryl methyl sites for hydroxylation is 1. The Morgan fingerprint density at radius 3 is 2.69 bits per heavy atom. The van der Waals surface area contributed by atoms with Gasteiger partial charge in [-0.3, -0.25) is 4.79 Å². The maximum absolute atomic E-state index is 11.2. The minimum Gasteiger partial charge on any atom is -0.493 e. The van der Waals surface area contributed by atoms with Crippen LogP contribution in [0.1, 0.15) is 30.0 Å². The summed E-state index contributed by atoms with van der Waals surface area (Å²) in [7, 11) is 1.60. The molecule has 1 heterocycles. The summed E-state index contributed by atoms with van der Waals surface area (Å²) in [6, 6.07) is 5.73. The highest BCUT2D eigenvalue weighted by atomic mass is 16.5. The summed E-state index contributed by atoms with van der Waals surface area (Å²) in [5, 5.41) is 0.918. The summed E-state index contributed by atoms with van der Waals surface area (Å²) in [6.45, 7) is 3.57. The molecule has 0 fully saturated rings. The fraction of sp³-hybridized carbons (Fsp3) is 0.308. The zero-order chi connectivity index (χ0) is 11.7. The molecule has 1 aromatic heterocycles. The normalized spacial score (nSPS) is 10.7. The van der Waals surface area contributed by atoms with Gasteiger partial charge in [0, 0.05) is 12.3 Å². The molecule has 0 N–H and O–H groups in total. The van der Waals surface area contributed by atoms with Crippen molar-refractivity contribution >= 4 is 16.8 Å². The first-order valence-corrected chi connectivity index (χ1v) is 5.27. The van der Waals surface area contributed by atoms with Crippen molar-refractivity contribution in [1.82, 2.24) is 0 Å². The number of hydrogen-bond acceptors (Lipinski definition) is 3. The highest BCUT2D eigenvalue weighted by molar-refractivity contribution is 5.97. The molecule has 0 saturated heterocycles. The molecular weight excluding hydrogens is 204 g/mol. The van der Waals surface area contributed by atoms with Crippen LogP contribution in [0.25, 0.3) is 11.0 Å². The van der Waals surface area contributed by atoms with Crippen molar-refractivity contribution in [3.63, 3.8) is 0 Å². The third-order valence-corrected chi connectivity index (χ3v) is 2.62. The van der Waals surface area contributed by atoms with Crippen molar-refractivity contribution in [3.05, 3.63) is 29.5 Å². The molecule has 0 aliphatic heterocycles. The van der Waals surface area contributed by atoms with Gasteiger partial charge in [-0.15, -0.1) is 0 Å². The summed E-state index contributed by atoms with van der Waals surface area (Å²) in [6.07, 6.45) is 0.923. The lowest BCUT2D eigenvalue weighted by Gasteiger charge is -2.03. The topological polar surface area (TPSA) is 39.4 Å². The third kappa shape index (κ3) is 1.69. The van der Waals surface area contributed by atoms with Gasteiger partial charge < -0.3 is 9.15 Å². The number of ketones is 1. The number of methoxy groups -OCH3 is 1. The molecular formula is C13H14O3. The van der Waals surface area contributed by atoms with Crippen LogP contribution >= 0.6 is 0 Å². The Morgan fingerprint density at radius 2 is 2.12 bits per heavy atom. The van der Waals surface area contributed by atoms with E-state index in [9.17, 15) is 4.79 Å². The van der Waals surface area contributed by atoms with E-state index in [1.165, 1.54) is 12.5 Å². The highest BCUT2D eigenvalue weighted by Gasteiger charge is 2.12. The van der Waals surface area contributed by atoms with Gasteiger partial charge in [-0.05, 0) is 30.2 Å². The Labute approximate surface area is 94.0 Å². The van der Waals surface area contributed by atoms with Crippen LogP contribution in [0, 0.1) is 0 Å². The SMILES string of the molecule is CCc1cc(OC)c2oc(C(C)=O)cc2c1. The Hall–Kier alpha value is -1.77. The van der Waals surface area contributed by atoms with Crippen molar-refractivity contribution in [2.45, 2.75) is 20.3 Å². The van der Waals surface area contributed by atoms with Gasteiger partial charge >= 0.3 is 0 Å². The quantitative estimate of drug-likeness (QED) is 0.742. The van der Waals surface area contributed by atoms with Gasteiger partial charge in [0.1, 0.15) is 0 Å². The number of furan rings is 1. The molecule has 0 atom stereocenters. The van der Waals surface area contributed by atoms with Crippen LogP contribution in [-0.2, 0) is 6.42 Å². The molecule has 0 aliphatic rings. The van der Waals surface area contributed by atoms with Crippen molar-refractivity contribution < 1.29 is 13.9 Å². The van der Waals surface area contributed by atoms with E-state index in [1.54, 1.807) is 13.2 Å². The van der Waals surface area contributed by atoms with E-state index in [4.69, 9.17) is 9.15 Å². The number of Topliss-reactive ketones (excluding diaryl/α,β-unsaturated/α-hetero) is 1. The predicted octanol–water partition coefficient (Wildman–Crippen LogP) is 3.21. The smallest absolute Gasteiger partial charge is 0.194 e. The molecule has 0 amide bonds. The molecule has 2 aromatic rings. The molecule has 0 bridgehead atoms. The molecule has 84 valence electrons. The highest BCUT2D eigenvalue weighted by Crippen LogP contribution is 2.30. The van der Waals surface area contributed by atoms with Crippen LogP contribution in [-0.4, -0.2) is 12.9 Å². The fourth-order valence-electron chi connectivity index (χ4n) is 1.71. The van der Waals surface area contributed by atoms with Gasteiger partial charge in [0.05, 0.1) is 7.11 Å². The van der Waals surface area contributed by atoms with Crippen molar-refractivity contribution in [3.8, 4) is 5.75 Å². The van der Waals surface area contributed by atoms with Crippen LogP contribution < -0.4 is 4.74 Å². The summed E-state index contributed by atoms with van der Waals surface area (Å²) >= 11 is 0. The molecule has 0 saturated carbocycles. The summed E-state index contributed by atoms with van der Waals surface area (Å²) in [5.74, 6) is 0.986. The molecule has 0 unspecified atom stereocenters. The maximum Gasteiger partial charge on any atom is 0.194 e. The molecule has 0 spiro atoms. The molecule has 0 aliphatic carbocycles. The van der Waals surface area contributed by atoms with E-state index in [0.717, 1.165) is 11.8 Å². The number of rotatable bonds is 3. The Balaban J connectivity index is 2.69. The number of carbonyl (C=O) groups is 1. The zero-order valence-corrected chi connectivity index (χ0v) is 9.66. The second kappa shape index (κ2) is 4.00. The second-order valence-electron chi connectivity index (χ2n) is 3.74. The van der Waals surface area contributed by atoms with E-state index in [1.807, 2.05) is 12.1 Å². The largest absolute Gasteiger partial charge is 0.493 e. The average Bonchev–Trinajstić information content (AvgIpc) is 2.71. The van der Waals surface area contributed by atoms with Crippen molar-refractivity contribution in [2.24, 2.45) is 0 Å². The zero-order valence-electron chi connectivity index (χ0n) is 9.66. The standard InChI is InChI=1S/C13H14O3/c1-4-9-5-10-7-11(8(2)14)16-13(10)12(6-9)15-3/h5-7H,4H2,1-3H3. The lowest BCUT2D eigenvalue weighted by molar-refractivity contribution is 0.0989. The van der Waals surface area contributed by atoms with E-state index < -0.39 is 0 Å². The number of hydrogen-bond donors (Lipinski definition) is 0. The second-order valence-corrected chi connectivity index (χ2v) is 3.74. The monoisotopic (exact) mass is 218 g/mol. The van der Waals surface area contributed by atoms with Gasteiger partial charge in [0.2, 0.25) is 0 Å². The third-order valence-electron chi connectivity index (χ3n) is 2.62. The molecule has 2 rings (SSSR count). The first-order valence-electron chi connectivity index (χ1n) is 5.27. The van der Waals surface area contributed by atoms with Gasteiger partial charge in [0.15, 0.2) is 22.9 Å². The number of ether oxygens (including phenoxy) is 1. The van der Waals surface area contributed by atoms with Gasteiger partial charge in [-0.25, -0.2) is 0 Å². The lowest BCUT2D eigenvalue weighted by Crippen LogP contribution is -1.87. The van der Waals surface area contributed by atoms with Crippen molar-refractivity contribution in [2.75, 3.05) is 7.11 Å². The van der Waals surface area contributed by atoms with Gasteiger partial charge in [0.25, 0.3) is 0 Å². The first kappa shape index (κ1) is 10.7. The fourth-order valence-corrected chi connectivity index (χ4v) is 1.71. The lowest BCUT2D eigenvalue weighted by atomic mass is 10.1. The van der Waals surface area contributed by atoms with E-state index >= 15 is 0 Å². The molecule has 16 heavy (non-hydrogen) atoms. The van der Waals surface area contributed by atoms with Crippen LogP contribution in [0.5, 0.6) is 5.75 Å². The van der Waals surface area contributed by atoms with Crippen molar-refractivity contribution in [1.29, 1.82) is 0 Å².